The average Bonchev–Trinajstić information content (AvgIpc) is 2.72. The van der Waals surface area contributed by atoms with Gasteiger partial charge >= 0.3 is 0 Å². The molecule has 0 fully saturated rings. The first-order chi connectivity index (χ1) is 13.3. The largest absolute Gasteiger partial charge is 0.497 e. The van der Waals surface area contributed by atoms with Crippen LogP contribution in [-0.2, 0) is 0 Å². The predicted octanol–water partition coefficient (Wildman–Crippen LogP) is 3.12. The van der Waals surface area contributed by atoms with Crippen LogP contribution < -0.4 is 24.8 Å². The highest BCUT2D eigenvalue weighted by Crippen LogP contribution is 2.19. The number of rotatable bonds is 9. The Balaban J connectivity index is 1.48. The maximum absolute atomic E-state index is 5.65. The van der Waals surface area contributed by atoms with Crippen LogP contribution in [0, 0.1) is 0 Å². The lowest BCUT2D eigenvalue weighted by Crippen LogP contribution is -2.14. The van der Waals surface area contributed by atoms with Crippen molar-refractivity contribution < 1.29 is 14.2 Å². The highest BCUT2D eigenvalue weighted by Gasteiger charge is 2.02. The van der Waals surface area contributed by atoms with Gasteiger partial charge in [0.15, 0.2) is 5.82 Å². The molecule has 8 heteroatoms. The first kappa shape index (κ1) is 18.2. The Morgan fingerprint density at radius 3 is 2.15 bits per heavy atom. The van der Waals surface area contributed by atoms with Gasteiger partial charge in [0.25, 0.3) is 0 Å². The topological polar surface area (TPSA) is 90.4 Å². The van der Waals surface area contributed by atoms with Gasteiger partial charge in [-0.05, 0) is 48.5 Å². The van der Waals surface area contributed by atoms with E-state index in [1.165, 1.54) is 0 Å². The molecule has 2 aromatic carbocycles. The summed E-state index contributed by atoms with van der Waals surface area (Å²) < 4.78 is 15.9. The van der Waals surface area contributed by atoms with E-state index >= 15 is 0 Å². The van der Waals surface area contributed by atoms with Gasteiger partial charge in [0.05, 0.1) is 27.0 Å². The van der Waals surface area contributed by atoms with Crippen LogP contribution in [0.5, 0.6) is 17.2 Å². The van der Waals surface area contributed by atoms with Crippen LogP contribution in [-0.4, -0.2) is 42.6 Å². The Kier molecular flexibility index (Phi) is 6.24. The number of benzene rings is 2. The van der Waals surface area contributed by atoms with E-state index in [4.69, 9.17) is 14.2 Å². The summed E-state index contributed by atoms with van der Waals surface area (Å²) in [6.07, 6.45) is 1.56. The highest BCUT2D eigenvalue weighted by atomic mass is 16.5. The second-order valence-corrected chi connectivity index (χ2v) is 5.47. The van der Waals surface area contributed by atoms with Gasteiger partial charge in [0, 0.05) is 5.69 Å². The SMILES string of the molecule is COc1ccc(Nc2cnnc(NCCOc3ccc(OC)cc3)n2)cc1. The van der Waals surface area contributed by atoms with E-state index in [0.717, 1.165) is 22.9 Å². The Hall–Kier alpha value is -3.55. The molecule has 0 atom stereocenters. The highest BCUT2D eigenvalue weighted by molar-refractivity contribution is 5.57. The summed E-state index contributed by atoms with van der Waals surface area (Å²) in [6.45, 7) is 1.01. The van der Waals surface area contributed by atoms with E-state index < -0.39 is 0 Å². The van der Waals surface area contributed by atoms with Crippen molar-refractivity contribution in [3.8, 4) is 17.2 Å². The third kappa shape index (κ3) is 5.46. The van der Waals surface area contributed by atoms with Crippen molar-refractivity contribution >= 4 is 17.5 Å². The molecule has 0 saturated heterocycles. The first-order valence-corrected chi connectivity index (χ1v) is 8.38. The standard InChI is InChI=1S/C19H21N5O3/c1-25-15-5-3-14(4-6-15)22-18-13-21-24-19(23-18)20-11-12-27-17-9-7-16(26-2)8-10-17/h3-10,13H,11-12H2,1-2H3,(H2,20,22,23,24). The fourth-order valence-corrected chi connectivity index (χ4v) is 2.26. The van der Waals surface area contributed by atoms with E-state index in [1.54, 1.807) is 20.4 Å². The minimum atomic E-state index is 0.423. The fourth-order valence-electron chi connectivity index (χ4n) is 2.26. The lowest BCUT2D eigenvalue weighted by Gasteiger charge is -2.09. The number of ether oxygens (including phenoxy) is 3. The van der Waals surface area contributed by atoms with Crippen molar-refractivity contribution in [3.05, 3.63) is 54.7 Å². The van der Waals surface area contributed by atoms with Gasteiger partial charge in [-0.1, -0.05) is 0 Å². The Bertz CT molecular complexity index is 841. The molecule has 0 unspecified atom stereocenters. The van der Waals surface area contributed by atoms with Gasteiger partial charge in [-0.2, -0.15) is 10.1 Å². The van der Waals surface area contributed by atoms with Gasteiger partial charge in [-0.3, -0.25) is 0 Å². The molecule has 27 heavy (non-hydrogen) atoms. The number of hydrogen-bond donors (Lipinski definition) is 2. The lowest BCUT2D eigenvalue weighted by atomic mass is 10.3. The zero-order valence-corrected chi connectivity index (χ0v) is 15.2. The molecule has 0 aliphatic rings. The molecule has 0 amide bonds. The molecule has 2 N–H and O–H groups in total. The van der Waals surface area contributed by atoms with Gasteiger partial charge in [0.1, 0.15) is 23.9 Å². The number of nitrogens with zero attached hydrogens (tertiary/aromatic N) is 3. The molecule has 1 heterocycles. The molecule has 8 nitrogen and oxygen atoms in total. The summed E-state index contributed by atoms with van der Waals surface area (Å²) in [4.78, 5) is 4.38. The van der Waals surface area contributed by atoms with Crippen molar-refractivity contribution in [2.45, 2.75) is 0 Å². The van der Waals surface area contributed by atoms with Crippen molar-refractivity contribution in [1.82, 2.24) is 15.2 Å². The van der Waals surface area contributed by atoms with Crippen molar-refractivity contribution in [1.29, 1.82) is 0 Å². The molecule has 0 saturated carbocycles. The molecule has 0 bridgehead atoms. The third-order valence-electron chi connectivity index (χ3n) is 3.63. The maximum Gasteiger partial charge on any atom is 0.244 e. The quantitative estimate of drug-likeness (QED) is 0.558. The Labute approximate surface area is 157 Å². The van der Waals surface area contributed by atoms with Crippen LogP contribution in [0.3, 0.4) is 0 Å². The first-order valence-electron chi connectivity index (χ1n) is 8.38. The van der Waals surface area contributed by atoms with E-state index in [1.807, 2.05) is 48.5 Å². The summed E-state index contributed by atoms with van der Waals surface area (Å²) in [5.41, 5.74) is 0.880. The summed E-state index contributed by atoms with van der Waals surface area (Å²) in [5, 5.41) is 14.2. The fraction of sp³-hybridized carbons (Fsp3) is 0.211. The molecule has 3 rings (SSSR count). The second-order valence-electron chi connectivity index (χ2n) is 5.47. The smallest absolute Gasteiger partial charge is 0.244 e. The zero-order valence-electron chi connectivity index (χ0n) is 15.2. The summed E-state index contributed by atoms with van der Waals surface area (Å²) >= 11 is 0. The maximum atomic E-state index is 5.65. The molecular weight excluding hydrogens is 346 g/mol. The number of methoxy groups -OCH3 is 2. The second kappa shape index (κ2) is 9.23. The van der Waals surface area contributed by atoms with Crippen molar-refractivity contribution in [3.63, 3.8) is 0 Å². The van der Waals surface area contributed by atoms with Crippen LogP contribution in [0.15, 0.2) is 54.7 Å². The summed E-state index contributed by atoms with van der Waals surface area (Å²) in [7, 11) is 3.26. The van der Waals surface area contributed by atoms with Crippen LogP contribution >= 0.6 is 0 Å². The number of nitrogens with one attached hydrogen (secondary N) is 2. The molecule has 1 aromatic heterocycles. The number of hydrogen-bond acceptors (Lipinski definition) is 8. The zero-order chi connectivity index (χ0) is 18.9. The van der Waals surface area contributed by atoms with Crippen LogP contribution in [0.1, 0.15) is 0 Å². The Morgan fingerprint density at radius 1 is 0.852 bits per heavy atom. The van der Waals surface area contributed by atoms with Crippen LogP contribution in [0.25, 0.3) is 0 Å². The average molecular weight is 367 g/mol. The van der Waals surface area contributed by atoms with Gasteiger partial charge in [-0.25, -0.2) is 0 Å². The molecule has 0 aliphatic carbocycles. The van der Waals surface area contributed by atoms with Crippen molar-refractivity contribution in [2.75, 3.05) is 38.0 Å². The third-order valence-corrected chi connectivity index (χ3v) is 3.63. The van der Waals surface area contributed by atoms with E-state index in [2.05, 4.69) is 25.8 Å². The molecule has 3 aromatic rings. The van der Waals surface area contributed by atoms with Gasteiger partial charge in [0.2, 0.25) is 5.95 Å². The molecular formula is C19H21N5O3. The van der Waals surface area contributed by atoms with E-state index in [0.29, 0.717) is 24.9 Å². The summed E-state index contributed by atoms with van der Waals surface area (Å²) in [5.74, 6) is 3.37. The molecule has 0 spiro atoms. The lowest BCUT2D eigenvalue weighted by molar-refractivity contribution is 0.331. The van der Waals surface area contributed by atoms with Crippen molar-refractivity contribution in [2.24, 2.45) is 0 Å². The van der Waals surface area contributed by atoms with E-state index in [-0.39, 0.29) is 0 Å². The number of anilines is 3. The summed E-state index contributed by atoms with van der Waals surface area (Å²) in [6, 6.07) is 15.0. The van der Waals surface area contributed by atoms with Gasteiger partial charge < -0.3 is 24.8 Å². The van der Waals surface area contributed by atoms with Crippen LogP contribution in [0.2, 0.25) is 0 Å². The Morgan fingerprint density at radius 2 is 1.48 bits per heavy atom. The minimum Gasteiger partial charge on any atom is -0.497 e. The van der Waals surface area contributed by atoms with E-state index in [9.17, 15) is 0 Å². The van der Waals surface area contributed by atoms with Crippen LogP contribution in [0.4, 0.5) is 17.5 Å². The van der Waals surface area contributed by atoms with Gasteiger partial charge in [-0.15, -0.1) is 5.10 Å². The monoisotopic (exact) mass is 367 g/mol. The minimum absolute atomic E-state index is 0.423. The molecule has 140 valence electrons. The normalized spacial score (nSPS) is 10.1. The molecule has 0 radical (unpaired) electrons. The number of aromatic nitrogens is 3. The molecule has 0 aliphatic heterocycles. The predicted molar refractivity (Wildman–Crippen MR) is 103 cm³/mol.